The summed E-state index contributed by atoms with van der Waals surface area (Å²) in [6.07, 6.45) is 1.77. The van der Waals surface area contributed by atoms with Crippen LogP contribution in [0, 0.1) is 0 Å². The lowest BCUT2D eigenvalue weighted by Gasteiger charge is -2.19. The first-order valence-electron chi connectivity index (χ1n) is 3.16. The molecule has 2 heterocycles. The molecular formula is C5H8ClN3S. The second-order valence-corrected chi connectivity index (χ2v) is 3.59. The van der Waals surface area contributed by atoms with Crippen LogP contribution in [0.5, 0.6) is 0 Å². The van der Waals surface area contributed by atoms with Crippen molar-refractivity contribution in [3.63, 3.8) is 0 Å². The number of halogens is 1. The van der Waals surface area contributed by atoms with Crippen molar-refractivity contribution in [2.45, 2.75) is 10.9 Å². The Morgan fingerprint density at radius 2 is 2.40 bits per heavy atom. The summed E-state index contributed by atoms with van der Waals surface area (Å²) >= 11 is 10.2. The number of hydrogen-bond acceptors (Lipinski definition) is 4. The van der Waals surface area contributed by atoms with Crippen molar-refractivity contribution in [2.75, 3.05) is 13.1 Å². The van der Waals surface area contributed by atoms with Crippen LogP contribution in [0.3, 0.4) is 0 Å². The molecule has 0 spiro atoms. The summed E-state index contributed by atoms with van der Waals surface area (Å²) in [5, 5.41) is 4.42. The van der Waals surface area contributed by atoms with Crippen LogP contribution in [0.2, 0.25) is 0 Å². The number of hydrazine groups is 1. The minimum atomic E-state index is -0.197. The van der Waals surface area contributed by atoms with Gasteiger partial charge in [-0.3, -0.25) is 5.01 Å². The molecule has 3 nitrogen and oxygen atoms in total. The standard InChI is InChI=1S/C5H8ClN3S/c6-5-7-3-8-1-4(10)2-9(5)8/h3-5,10H,1-2H2. The maximum atomic E-state index is 5.83. The molecule has 2 aliphatic heterocycles. The number of nitrogens with zero attached hydrogens (tertiary/aromatic N) is 3. The number of aliphatic imine (C=N–C) groups is 1. The van der Waals surface area contributed by atoms with E-state index in [1.54, 1.807) is 6.34 Å². The van der Waals surface area contributed by atoms with Crippen molar-refractivity contribution in [3.05, 3.63) is 0 Å². The van der Waals surface area contributed by atoms with Gasteiger partial charge in [-0.2, -0.15) is 17.6 Å². The van der Waals surface area contributed by atoms with Crippen molar-refractivity contribution >= 4 is 30.6 Å². The van der Waals surface area contributed by atoms with Crippen LogP contribution >= 0.6 is 24.2 Å². The number of hydrogen-bond donors (Lipinski definition) is 1. The smallest absolute Gasteiger partial charge is 0.196 e. The first-order chi connectivity index (χ1) is 4.77. The molecule has 0 saturated carbocycles. The lowest BCUT2D eigenvalue weighted by Crippen LogP contribution is -2.33. The maximum Gasteiger partial charge on any atom is 0.196 e. The largest absolute Gasteiger partial charge is 0.292 e. The van der Waals surface area contributed by atoms with Crippen molar-refractivity contribution in [3.8, 4) is 0 Å². The quantitative estimate of drug-likeness (QED) is 0.328. The molecule has 2 rings (SSSR count). The molecule has 5 heteroatoms. The highest BCUT2D eigenvalue weighted by molar-refractivity contribution is 7.81. The van der Waals surface area contributed by atoms with Crippen molar-refractivity contribution < 1.29 is 0 Å². The van der Waals surface area contributed by atoms with E-state index in [1.165, 1.54) is 0 Å². The lowest BCUT2D eigenvalue weighted by atomic mass is 10.4. The predicted molar refractivity (Wildman–Crippen MR) is 44.3 cm³/mol. The van der Waals surface area contributed by atoms with E-state index in [4.69, 9.17) is 11.6 Å². The van der Waals surface area contributed by atoms with Gasteiger partial charge in [-0.05, 0) is 0 Å². The Morgan fingerprint density at radius 3 is 3.10 bits per heavy atom. The average molecular weight is 178 g/mol. The van der Waals surface area contributed by atoms with Gasteiger partial charge >= 0.3 is 0 Å². The summed E-state index contributed by atoms with van der Waals surface area (Å²) in [7, 11) is 0. The molecule has 10 heavy (non-hydrogen) atoms. The maximum absolute atomic E-state index is 5.83. The molecule has 0 aliphatic carbocycles. The summed E-state index contributed by atoms with van der Waals surface area (Å²) in [5.41, 5.74) is -0.197. The van der Waals surface area contributed by atoms with Gasteiger partial charge in [-0.25, -0.2) is 4.99 Å². The zero-order valence-electron chi connectivity index (χ0n) is 5.31. The molecule has 0 radical (unpaired) electrons. The van der Waals surface area contributed by atoms with Crippen LogP contribution in [0.15, 0.2) is 4.99 Å². The van der Waals surface area contributed by atoms with E-state index in [0.717, 1.165) is 13.1 Å². The number of fused-ring (bicyclic) bond motifs is 1. The summed E-state index contributed by atoms with van der Waals surface area (Å²) in [6, 6.07) is 0. The summed E-state index contributed by atoms with van der Waals surface area (Å²) in [4.78, 5) is 4.01. The van der Waals surface area contributed by atoms with E-state index in [9.17, 15) is 0 Å². The second-order valence-electron chi connectivity index (χ2n) is 2.47. The molecule has 56 valence electrons. The normalized spacial score (nSPS) is 39.2. The number of alkyl halides is 1. The Labute approximate surface area is 70.0 Å². The van der Waals surface area contributed by atoms with Gasteiger partial charge in [0, 0.05) is 18.3 Å². The van der Waals surface area contributed by atoms with Gasteiger partial charge in [0.15, 0.2) is 5.62 Å². The average Bonchev–Trinajstić information content (AvgIpc) is 2.35. The van der Waals surface area contributed by atoms with Crippen LogP contribution in [0.25, 0.3) is 0 Å². The van der Waals surface area contributed by atoms with Gasteiger partial charge in [0.1, 0.15) is 6.34 Å². The molecule has 2 aliphatic rings. The van der Waals surface area contributed by atoms with Crippen molar-refractivity contribution in [1.82, 2.24) is 10.0 Å². The lowest BCUT2D eigenvalue weighted by molar-refractivity contribution is 0.121. The van der Waals surface area contributed by atoms with E-state index in [1.807, 2.05) is 10.0 Å². The van der Waals surface area contributed by atoms with E-state index < -0.39 is 0 Å². The van der Waals surface area contributed by atoms with Crippen LogP contribution in [-0.2, 0) is 0 Å². The van der Waals surface area contributed by atoms with Crippen molar-refractivity contribution in [2.24, 2.45) is 4.99 Å². The van der Waals surface area contributed by atoms with Gasteiger partial charge in [-0.15, -0.1) is 0 Å². The minimum Gasteiger partial charge on any atom is -0.292 e. The van der Waals surface area contributed by atoms with Crippen molar-refractivity contribution in [1.29, 1.82) is 0 Å². The second kappa shape index (κ2) is 2.29. The fourth-order valence-electron chi connectivity index (χ4n) is 1.23. The highest BCUT2D eigenvalue weighted by atomic mass is 35.5. The first-order valence-corrected chi connectivity index (χ1v) is 4.11. The molecule has 0 aromatic heterocycles. The molecule has 1 saturated heterocycles. The van der Waals surface area contributed by atoms with Crippen LogP contribution in [0.4, 0.5) is 0 Å². The molecule has 2 unspecified atom stereocenters. The summed E-state index contributed by atoms with van der Waals surface area (Å²) < 4.78 is 0. The fraction of sp³-hybridized carbons (Fsp3) is 0.800. The zero-order valence-corrected chi connectivity index (χ0v) is 6.96. The number of thiol groups is 1. The third kappa shape index (κ3) is 0.909. The van der Waals surface area contributed by atoms with Crippen LogP contribution in [0.1, 0.15) is 0 Å². The van der Waals surface area contributed by atoms with Crippen LogP contribution < -0.4 is 0 Å². The van der Waals surface area contributed by atoms with Gasteiger partial charge in [-0.1, -0.05) is 11.6 Å². The topological polar surface area (TPSA) is 18.8 Å². The van der Waals surface area contributed by atoms with Gasteiger partial charge < -0.3 is 0 Å². The monoisotopic (exact) mass is 177 g/mol. The Kier molecular flexibility index (Phi) is 1.55. The Bertz CT molecular complexity index is 174. The molecule has 1 fully saturated rings. The fourth-order valence-corrected chi connectivity index (χ4v) is 1.81. The minimum absolute atomic E-state index is 0.197. The van der Waals surface area contributed by atoms with Gasteiger partial charge in [0.05, 0.1) is 0 Å². The molecule has 0 aromatic carbocycles. The highest BCUT2D eigenvalue weighted by Gasteiger charge is 2.34. The Balaban J connectivity index is 2.12. The molecule has 0 bridgehead atoms. The molecule has 2 atom stereocenters. The third-order valence-corrected chi connectivity index (χ3v) is 2.36. The zero-order chi connectivity index (χ0) is 7.14. The van der Waals surface area contributed by atoms with Crippen LogP contribution in [-0.4, -0.2) is 40.3 Å². The van der Waals surface area contributed by atoms with E-state index in [-0.39, 0.29) is 5.62 Å². The number of rotatable bonds is 0. The van der Waals surface area contributed by atoms with Gasteiger partial charge in [0.25, 0.3) is 0 Å². The summed E-state index contributed by atoms with van der Waals surface area (Å²) in [5.74, 6) is 0. The Morgan fingerprint density at radius 1 is 1.60 bits per heavy atom. The molecule has 0 aromatic rings. The van der Waals surface area contributed by atoms with E-state index in [2.05, 4.69) is 17.6 Å². The highest BCUT2D eigenvalue weighted by Crippen LogP contribution is 2.23. The Hall–Kier alpha value is 0.0700. The first kappa shape index (κ1) is 6.76. The van der Waals surface area contributed by atoms with Gasteiger partial charge in [0.2, 0.25) is 0 Å². The third-order valence-electron chi connectivity index (χ3n) is 1.69. The molecule has 0 N–H and O–H groups in total. The molecular weight excluding hydrogens is 170 g/mol. The predicted octanol–water partition coefficient (Wildman–Crippen LogP) is 0.382. The summed E-state index contributed by atoms with van der Waals surface area (Å²) in [6.45, 7) is 1.83. The SMILES string of the molecule is SC1CN2C=NC(Cl)N2C1. The molecule has 0 amide bonds. The van der Waals surface area contributed by atoms with E-state index in [0.29, 0.717) is 5.25 Å². The van der Waals surface area contributed by atoms with E-state index >= 15 is 0 Å².